The Labute approximate surface area is 212 Å². The van der Waals surface area contributed by atoms with E-state index in [1.807, 2.05) is 62.4 Å². The summed E-state index contributed by atoms with van der Waals surface area (Å²) in [6, 6.07) is 20.9. The molecule has 3 rings (SSSR count). The molecule has 6 heteroatoms. The molecule has 0 saturated carbocycles. The van der Waals surface area contributed by atoms with E-state index in [0.29, 0.717) is 54.7 Å². The summed E-state index contributed by atoms with van der Waals surface area (Å²) in [7, 11) is 0. The summed E-state index contributed by atoms with van der Waals surface area (Å²) in [5, 5.41) is 0.580. The van der Waals surface area contributed by atoms with Gasteiger partial charge in [0, 0.05) is 23.9 Å². The van der Waals surface area contributed by atoms with Gasteiger partial charge in [-0.1, -0.05) is 42.8 Å². The van der Waals surface area contributed by atoms with Crippen molar-refractivity contribution in [2.75, 3.05) is 13.2 Å². The summed E-state index contributed by atoms with van der Waals surface area (Å²) in [5.74, 6) is 2.57. The Hall–Kier alpha value is -3.18. The van der Waals surface area contributed by atoms with Crippen LogP contribution in [0.1, 0.15) is 44.7 Å². The first kappa shape index (κ1) is 26.4. The van der Waals surface area contributed by atoms with Gasteiger partial charge in [0.25, 0.3) is 0 Å². The third-order valence-electron chi connectivity index (χ3n) is 5.46. The summed E-state index contributed by atoms with van der Waals surface area (Å²) in [4.78, 5) is 11.7. The minimum Gasteiger partial charge on any atom is -0.493 e. The van der Waals surface area contributed by atoms with E-state index in [1.165, 1.54) is 5.56 Å². The van der Waals surface area contributed by atoms with Crippen LogP contribution < -0.4 is 14.2 Å². The number of para-hydroxylation sites is 1. The number of esters is 1. The van der Waals surface area contributed by atoms with Gasteiger partial charge in [-0.15, -0.1) is 0 Å². The summed E-state index contributed by atoms with van der Waals surface area (Å²) in [6.07, 6.45) is 2.52. The molecule has 0 aliphatic carbocycles. The minimum absolute atomic E-state index is 0.0937. The predicted molar refractivity (Wildman–Crippen MR) is 139 cm³/mol. The lowest BCUT2D eigenvalue weighted by molar-refractivity contribution is -0.143. The SMILES string of the molecule is CCOC(=O)CCc1ccc(OCC[C@H](C)Oc2ccc(Cl)cc2Oc2ccccc2)cc1CC. The molecule has 0 bridgehead atoms. The lowest BCUT2D eigenvalue weighted by Gasteiger charge is -2.18. The quantitative estimate of drug-likeness (QED) is 0.230. The molecule has 0 aliphatic rings. The minimum atomic E-state index is -0.165. The number of hydrogen-bond acceptors (Lipinski definition) is 5. The first-order chi connectivity index (χ1) is 17.0. The maximum atomic E-state index is 11.7. The Morgan fingerprint density at radius 1 is 0.914 bits per heavy atom. The highest BCUT2D eigenvalue weighted by molar-refractivity contribution is 6.30. The van der Waals surface area contributed by atoms with Gasteiger partial charge in [0.1, 0.15) is 11.5 Å². The van der Waals surface area contributed by atoms with Gasteiger partial charge in [-0.2, -0.15) is 0 Å². The first-order valence-corrected chi connectivity index (χ1v) is 12.5. The number of halogens is 1. The van der Waals surface area contributed by atoms with Crippen molar-refractivity contribution in [1.29, 1.82) is 0 Å². The maximum Gasteiger partial charge on any atom is 0.306 e. The normalized spacial score (nSPS) is 11.5. The van der Waals surface area contributed by atoms with Crippen LogP contribution in [-0.2, 0) is 22.4 Å². The molecule has 0 radical (unpaired) electrons. The highest BCUT2D eigenvalue weighted by Crippen LogP contribution is 2.35. The number of hydrogen-bond donors (Lipinski definition) is 0. The Morgan fingerprint density at radius 3 is 2.46 bits per heavy atom. The van der Waals surface area contributed by atoms with Gasteiger partial charge < -0.3 is 18.9 Å². The number of aryl methyl sites for hydroxylation is 2. The molecule has 0 aliphatic heterocycles. The Bertz CT molecular complexity index is 1080. The first-order valence-electron chi connectivity index (χ1n) is 12.1. The second-order valence-electron chi connectivity index (χ2n) is 8.16. The van der Waals surface area contributed by atoms with E-state index < -0.39 is 0 Å². The third kappa shape index (κ3) is 8.52. The fourth-order valence-electron chi connectivity index (χ4n) is 3.63. The summed E-state index contributed by atoms with van der Waals surface area (Å²) in [5.41, 5.74) is 2.33. The van der Waals surface area contributed by atoms with Crippen LogP contribution in [0.2, 0.25) is 5.02 Å². The van der Waals surface area contributed by atoms with Crippen LogP contribution in [0.3, 0.4) is 0 Å². The fourth-order valence-corrected chi connectivity index (χ4v) is 3.79. The topological polar surface area (TPSA) is 54.0 Å². The van der Waals surface area contributed by atoms with Gasteiger partial charge in [0.05, 0.1) is 19.3 Å². The van der Waals surface area contributed by atoms with Crippen LogP contribution in [-0.4, -0.2) is 25.3 Å². The van der Waals surface area contributed by atoms with Crippen LogP contribution >= 0.6 is 11.6 Å². The largest absolute Gasteiger partial charge is 0.493 e. The van der Waals surface area contributed by atoms with Crippen molar-refractivity contribution in [1.82, 2.24) is 0 Å². The molecular weight excluding hydrogens is 464 g/mol. The molecule has 1 atom stereocenters. The van der Waals surface area contributed by atoms with Gasteiger partial charge in [-0.25, -0.2) is 0 Å². The van der Waals surface area contributed by atoms with Crippen LogP contribution in [0.5, 0.6) is 23.0 Å². The summed E-state index contributed by atoms with van der Waals surface area (Å²) < 4.78 is 23.2. The standard InChI is InChI=1S/C29H33ClO5/c1-4-22-19-26(14-11-23(22)12-16-29(31)32-5-2)33-18-17-21(3)34-27-15-13-24(30)20-28(27)35-25-9-7-6-8-10-25/h6-11,13-15,19-21H,4-5,12,16-18H2,1-3H3/t21-/m0/s1. The fraction of sp³-hybridized carbons (Fsp3) is 0.345. The van der Waals surface area contributed by atoms with Crippen LogP contribution in [0.4, 0.5) is 0 Å². The molecular formula is C29H33ClO5. The predicted octanol–water partition coefficient (Wildman–Crippen LogP) is 7.43. The molecule has 0 aromatic heterocycles. The van der Waals surface area contributed by atoms with Crippen molar-refractivity contribution in [3.8, 4) is 23.0 Å². The van der Waals surface area contributed by atoms with E-state index in [2.05, 4.69) is 13.0 Å². The van der Waals surface area contributed by atoms with Crippen LogP contribution in [0.15, 0.2) is 66.7 Å². The zero-order valence-corrected chi connectivity index (χ0v) is 21.3. The van der Waals surface area contributed by atoms with E-state index >= 15 is 0 Å². The van der Waals surface area contributed by atoms with Crippen LogP contribution in [0.25, 0.3) is 0 Å². The molecule has 0 spiro atoms. The molecule has 0 heterocycles. The molecule has 0 fully saturated rings. The Morgan fingerprint density at radius 2 is 1.71 bits per heavy atom. The van der Waals surface area contributed by atoms with Gasteiger partial charge in [0.15, 0.2) is 11.5 Å². The Kier molecular flexibility index (Phi) is 10.3. The van der Waals surface area contributed by atoms with Crippen molar-refractivity contribution in [3.63, 3.8) is 0 Å². The van der Waals surface area contributed by atoms with Gasteiger partial charge in [-0.05, 0) is 74.2 Å². The number of carbonyl (C=O) groups excluding carboxylic acids is 1. The van der Waals surface area contributed by atoms with Crippen molar-refractivity contribution in [2.45, 2.75) is 52.6 Å². The lowest BCUT2D eigenvalue weighted by atomic mass is 10.0. The van der Waals surface area contributed by atoms with E-state index in [4.69, 9.17) is 30.5 Å². The average molecular weight is 497 g/mol. The molecule has 0 saturated heterocycles. The number of carbonyl (C=O) groups is 1. The van der Waals surface area contributed by atoms with Gasteiger partial charge in [0.2, 0.25) is 0 Å². The summed E-state index contributed by atoms with van der Waals surface area (Å²) >= 11 is 6.18. The van der Waals surface area contributed by atoms with Gasteiger partial charge in [-0.3, -0.25) is 4.79 Å². The number of benzene rings is 3. The Balaban J connectivity index is 1.53. The number of rotatable bonds is 13. The highest BCUT2D eigenvalue weighted by atomic mass is 35.5. The van der Waals surface area contributed by atoms with E-state index in [9.17, 15) is 4.79 Å². The molecule has 0 N–H and O–H groups in total. The average Bonchev–Trinajstić information content (AvgIpc) is 2.85. The zero-order valence-electron chi connectivity index (χ0n) is 20.6. The highest BCUT2D eigenvalue weighted by Gasteiger charge is 2.13. The van der Waals surface area contributed by atoms with Crippen LogP contribution in [0, 0.1) is 0 Å². The second-order valence-corrected chi connectivity index (χ2v) is 8.60. The molecule has 186 valence electrons. The molecule has 35 heavy (non-hydrogen) atoms. The van der Waals surface area contributed by atoms with Crippen molar-refractivity contribution in [3.05, 3.63) is 82.9 Å². The molecule has 0 unspecified atom stereocenters. The summed E-state index contributed by atoms with van der Waals surface area (Å²) in [6.45, 7) is 6.84. The van der Waals surface area contributed by atoms with Crippen molar-refractivity contribution < 1.29 is 23.7 Å². The smallest absolute Gasteiger partial charge is 0.306 e. The van der Waals surface area contributed by atoms with Crippen molar-refractivity contribution >= 4 is 17.6 Å². The molecule has 5 nitrogen and oxygen atoms in total. The molecule has 0 amide bonds. The third-order valence-corrected chi connectivity index (χ3v) is 5.70. The number of ether oxygens (including phenoxy) is 4. The van der Waals surface area contributed by atoms with E-state index in [1.54, 1.807) is 12.1 Å². The molecule has 3 aromatic rings. The second kappa shape index (κ2) is 13.6. The zero-order chi connectivity index (χ0) is 25.0. The maximum absolute atomic E-state index is 11.7. The van der Waals surface area contributed by atoms with Crippen molar-refractivity contribution in [2.24, 2.45) is 0 Å². The lowest BCUT2D eigenvalue weighted by Crippen LogP contribution is -2.16. The van der Waals surface area contributed by atoms with E-state index in [0.717, 1.165) is 17.7 Å². The molecule has 3 aromatic carbocycles. The monoisotopic (exact) mass is 496 g/mol. The van der Waals surface area contributed by atoms with E-state index in [-0.39, 0.29) is 12.1 Å². The van der Waals surface area contributed by atoms with Gasteiger partial charge >= 0.3 is 5.97 Å².